The molecule has 0 aromatic carbocycles. The van der Waals surface area contributed by atoms with Crippen LogP contribution in [0.3, 0.4) is 0 Å². The zero-order chi connectivity index (χ0) is 6.74. The average molecular weight is 130 g/mol. The second-order valence-electron chi connectivity index (χ2n) is 2.85. The summed E-state index contributed by atoms with van der Waals surface area (Å²) in [5.74, 6) is 0. The van der Waals surface area contributed by atoms with Crippen molar-refractivity contribution in [1.82, 2.24) is 10.6 Å². The lowest BCUT2D eigenvalue weighted by molar-refractivity contribution is 0.0676. The Balaban J connectivity index is 2.36. The van der Waals surface area contributed by atoms with Crippen LogP contribution in [0.25, 0.3) is 0 Å². The molecule has 0 spiro atoms. The Kier molecular flexibility index (Phi) is 2.05. The van der Waals surface area contributed by atoms with Gasteiger partial charge in [-0.3, -0.25) is 0 Å². The van der Waals surface area contributed by atoms with E-state index in [0.717, 1.165) is 13.1 Å². The van der Waals surface area contributed by atoms with Crippen LogP contribution in [0, 0.1) is 0 Å². The highest BCUT2D eigenvalue weighted by molar-refractivity contribution is 4.80. The lowest BCUT2D eigenvalue weighted by Gasteiger charge is -2.19. The fourth-order valence-electron chi connectivity index (χ4n) is 0.955. The molecular weight excluding hydrogens is 116 g/mol. The summed E-state index contributed by atoms with van der Waals surface area (Å²) in [6.45, 7) is 5.13. The van der Waals surface area contributed by atoms with E-state index < -0.39 is 5.60 Å². The Hall–Kier alpha value is -0.120. The molecule has 9 heavy (non-hydrogen) atoms. The zero-order valence-electron chi connectivity index (χ0n) is 5.78. The van der Waals surface area contributed by atoms with Crippen LogP contribution in [-0.4, -0.2) is 36.9 Å². The maximum Gasteiger partial charge on any atom is 0.0867 e. The molecule has 0 saturated carbocycles. The minimum absolute atomic E-state index is 0.559. The van der Waals surface area contributed by atoms with Crippen LogP contribution in [0.2, 0.25) is 0 Å². The van der Waals surface area contributed by atoms with Gasteiger partial charge in [-0.1, -0.05) is 0 Å². The zero-order valence-corrected chi connectivity index (χ0v) is 5.78. The van der Waals surface area contributed by atoms with E-state index in [1.54, 1.807) is 0 Å². The van der Waals surface area contributed by atoms with Gasteiger partial charge >= 0.3 is 0 Å². The van der Waals surface area contributed by atoms with Gasteiger partial charge in [0.2, 0.25) is 0 Å². The highest BCUT2D eigenvalue weighted by Gasteiger charge is 2.20. The molecule has 3 heteroatoms. The molecule has 1 fully saturated rings. The van der Waals surface area contributed by atoms with Crippen molar-refractivity contribution >= 4 is 0 Å². The van der Waals surface area contributed by atoms with E-state index in [2.05, 4.69) is 10.6 Å². The van der Waals surface area contributed by atoms with Gasteiger partial charge < -0.3 is 15.7 Å². The number of nitrogens with one attached hydrogen (secondary N) is 2. The monoisotopic (exact) mass is 130 g/mol. The molecule has 1 heterocycles. The second-order valence-corrected chi connectivity index (χ2v) is 2.85. The van der Waals surface area contributed by atoms with Gasteiger partial charge in [-0.25, -0.2) is 0 Å². The Morgan fingerprint density at radius 3 is 2.11 bits per heavy atom. The van der Waals surface area contributed by atoms with E-state index in [4.69, 9.17) is 0 Å². The normalized spacial score (nSPS) is 27.3. The third-order valence-corrected chi connectivity index (χ3v) is 1.49. The van der Waals surface area contributed by atoms with E-state index in [-0.39, 0.29) is 0 Å². The first kappa shape index (κ1) is 6.99. The molecule has 3 nitrogen and oxygen atoms in total. The van der Waals surface area contributed by atoms with E-state index in [9.17, 15) is 5.11 Å². The van der Waals surface area contributed by atoms with E-state index in [1.165, 1.54) is 0 Å². The summed E-state index contributed by atoms with van der Waals surface area (Å²) in [5.41, 5.74) is -0.559. The third kappa shape index (κ3) is 2.30. The van der Waals surface area contributed by atoms with Gasteiger partial charge in [-0.05, 0) is 6.92 Å². The van der Waals surface area contributed by atoms with Gasteiger partial charge in [0.1, 0.15) is 0 Å². The Morgan fingerprint density at radius 2 is 1.67 bits per heavy atom. The Labute approximate surface area is 55.5 Å². The Bertz CT molecular complexity index is 83.1. The summed E-state index contributed by atoms with van der Waals surface area (Å²) in [5, 5.41) is 15.7. The van der Waals surface area contributed by atoms with Gasteiger partial charge in [0.05, 0.1) is 5.60 Å². The molecule has 0 unspecified atom stereocenters. The average Bonchev–Trinajstić information content (AvgIpc) is 1.92. The maximum absolute atomic E-state index is 9.43. The van der Waals surface area contributed by atoms with Crippen molar-refractivity contribution in [3.63, 3.8) is 0 Å². The molecule has 0 radical (unpaired) electrons. The van der Waals surface area contributed by atoms with Crippen molar-refractivity contribution in [1.29, 1.82) is 0 Å². The molecule has 1 aliphatic rings. The molecule has 0 amide bonds. The fraction of sp³-hybridized carbons (Fsp3) is 1.00. The van der Waals surface area contributed by atoms with Crippen molar-refractivity contribution < 1.29 is 5.11 Å². The number of rotatable bonds is 0. The first-order valence-corrected chi connectivity index (χ1v) is 3.34. The summed E-state index contributed by atoms with van der Waals surface area (Å²) < 4.78 is 0. The van der Waals surface area contributed by atoms with E-state index in [1.807, 2.05) is 6.92 Å². The SMILES string of the molecule is CC1(O)CNCCNC1. The van der Waals surface area contributed by atoms with Crippen LogP contribution in [0.4, 0.5) is 0 Å². The van der Waals surface area contributed by atoms with E-state index >= 15 is 0 Å². The van der Waals surface area contributed by atoms with Crippen LogP contribution in [-0.2, 0) is 0 Å². The van der Waals surface area contributed by atoms with Crippen LogP contribution in [0.1, 0.15) is 6.92 Å². The number of aliphatic hydroxyl groups is 1. The molecule has 3 N–H and O–H groups in total. The highest BCUT2D eigenvalue weighted by atomic mass is 16.3. The Morgan fingerprint density at radius 1 is 1.22 bits per heavy atom. The highest BCUT2D eigenvalue weighted by Crippen LogP contribution is 1.99. The second kappa shape index (κ2) is 2.64. The van der Waals surface area contributed by atoms with Gasteiger partial charge in [-0.15, -0.1) is 0 Å². The summed E-state index contributed by atoms with van der Waals surface area (Å²) in [7, 11) is 0. The van der Waals surface area contributed by atoms with Crippen LogP contribution >= 0.6 is 0 Å². The maximum atomic E-state index is 9.43. The van der Waals surface area contributed by atoms with Crippen molar-refractivity contribution in [3.05, 3.63) is 0 Å². The fourth-order valence-corrected chi connectivity index (χ4v) is 0.955. The smallest absolute Gasteiger partial charge is 0.0867 e. The third-order valence-electron chi connectivity index (χ3n) is 1.49. The number of β-amino-alcohol motifs (C(OH)–C–C–N with tert-alkyl or cyclic N) is 1. The van der Waals surface area contributed by atoms with Crippen LogP contribution in [0.5, 0.6) is 0 Å². The summed E-state index contributed by atoms with van der Waals surface area (Å²) in [6, 6.07) is 0. The molecule has 1 aliphatic heterocycles. The largest absolute Gasteiger partial charge is 0.388 e. The molecule has 0 aliphatic carbocycles. The number of hydrogen-bond donors (Lipinski definition) is 3. The lowest BCUT2D eigenvalue weighted by Crippen LogP contribution is -2.41. The predicted molar refractivity (Wildman–Crippen MR) is 36.4 cm³/mol. The van der Waals surface area contributed by atoms with Crippen molar-refractivity contribution in [2.75, 3.05) is 26.2 Å². The van der Waals surface area contributed by atoms with Crippen molar-refractivity contribution in [2.24, 2.45) is 0 Å². The molecule has 54 valence electrons. The quantitative estimate of drug-likeness (QED) is 0.391. The molecule has 0 bridgehead atoms. The van der Waals surface area contributed by atoms with Crippen molar-refractivity contribution in [3.8, 4) is 0 Å². The molecule has 0 aromatic rings. The molecule has 0 atom stereocenters. The molecule has 1 rings (SSSR count). The predicted octanol–water partition coefficient (Wildman–Crippen LogP) is -1.07. The lowest BCUT2D eigenvalue weighted by atomic mass is 10.1. The van der Waals surface area contributed by atoms with E-state index in [0.29, 0.717) is 13.1 Å². The topological polar surface area (TPSA) is 44.3 Å². The molecule has 1 saturated heterocycles. The minimum atomic E-state index is -0.559. The van der Waals surface area contributed by atoms with Crippen LogP contribution in [0.15, 0.2) is 0 Å². The summed E-state index contributed by atoms with van der Waals surface area (Å²) in [6.07, 6.45) is 0. The minimum Gasteiger partial charge on any atom is -0.388 e. The number of hydrogen-bond acceptors (Lipinski definition) is 3. The van der Waals surface area contributed by atoms with Gasteiger partial charge in [0.15, 0.2) is 0 Å². The van der Waals surface area contributed by atoms with Gasteiger partial charge in [0, 0.05) is 26.2 Å². The summed E-state index contributed by atoms with van der Waals surface area (Å²) in [4.78, 5) is 0. The van der Waals surface area contributed by atoms with Crippen molar-refractivity contribution in [2.45, 2.75) is 12.5 Å². The summed E-state index contributed by atoms with van der Waals surface area (Å²) >= 11 is 0. The standard InChI is InChI=1S/C6H14N2O/c1-6(9)4-7-2-3-8-5-6/h7-9H,2-5H2,1H3. The van der Waals surface area contributed by atoms with Crippen LogP contribution < -0.4 is 10.6 Å². The molecular formula is C6H14N2O. The molecule has 0 aromatic heterocycles. The first-order valence-electron chi connectivity index (χ1n) is 3.34. The van der Waals surface area contributed by atoms with Gasteiger partial charge in [-0.2, -0.15) is 0 Å². The van der Waals surface area contributed by atoms with Gasteiger partial charge in [0.25, 0.3) is 0 Å². The first-order chi connectivity index (χ1) is 4.21.